The Balaban J connectivity index is 2.00. The molecule has 0 aliphatic heterocycles. The highest BCUT2D eigenvalue weighted by Crippen LogP contribution is 2.34. The highest BCUT2D eigenvalue weighted by Gasteiger charge is 2.30. The van der Waals surface area contributed by atoms with E-state index in [0.29, 0.717) is 0 Å². The summed E-state index contributed by atoms with van der Waals surface area (Å²) in [4.78, 5) is 22.3. The largest absolute Gasteiger partial charge is 0.292 e. The monoisotopic (exact) mass is 272 g/mol. The van der Waals surface area contributed by atoms with Crippen molar-refractivity contribution in [3.05, 3.63) is 45.2 Å². The second-order valence-electron chi connectivity index (χ2n) is 5.00. The number of aromatic nitrogens is 2. The molecule has 0 amide bonds. The van der Waals surface area contributed by atoms with Crippen molar-refractivity contribution in [2.45, 2.75) is 39.0 Å². The number of pyridine rings is 1. The van der Waals surface area contributed by atoms with E-state index >= 15 is 0 Å². The van der Waals surface area contributed by atoms with Gasteiger partial charge in [-0.3, -0.25) is 9.78 Å². The van der Waals surface area contributed by atoms with Crippen molar-refractivity contribution in [2.75, 3.05) is 0 Å². The standard InChI is InChI=1S/C15H16N2OS/c1-9-15(19-10(2)17-9)14(18)12-7-3-5-11-6-4-8-16-13(11)12/h4,6,8,12H,3,5,7H2,1-2H3. The molecule has 0 spiro atoms. The summed E-state index contributed by atoms with van der Waals surface area (Å²) in [6, 6.07) is 4.04. The van der Waals surface area contributed by atoms with E-state index in [2.05, 4.69) is 16.0 Å². The second kappa shape index (κ2) is 4.85. The fourth-order valence-electron chi connectivity index (χ4n) is 2.78. The number of hydrogen-bond acceptors (Lipinski definition) is 4. The lowest BCUT2D eigenvalue weighted by Gasteiger charge is -2.22. The Hall–Kier alpha value is -1.55. The van der Waals surface area contributed by atoms with Crippen LogP contribution < -0.4 is 0 Å². The molecule has 0 radical (unpaired) electrons. The summed E-state index contributed by atoms with van der Waals surface area (Å²) in [5, 5.41) is 0.956. The topological polar surface area (TPSA) is 42.9 Å². The number of rotatable bonds is 2. The highest BCUT2D eigenvalue weighted by atomic mass is 32.1. The first kappa shape index (κ1) is 12.5. The molecule has 1 aliphatic carbocycles. The third-order valence-electron chi connectivity index (χ3n) is 3.64. The molecule has 98 valence electrons. The molecule has 0 fully saturated rings. The van der Waals surface area contributed by atoms with Gasteiger partial charge >= 0.3 is 0 Å². The Kier molecular flexibility index (Phi) is 3.19. The fraction of sp³-hybridized carbons (Fsp3) is 0.400. The Morgan fingerprint density at radius 3 is 3.00 bits per heavy atom. The van der Waals surface area contributed by atoms with Crippen LogP contribution in [0.15, 0.2) is 18.3 Å². The Morgan fingerprint density at radius 1 is 1.42 bits per heavy atom. The van der Waals surface area contributed by atoms with Gasteiger partial charge in [-0.15, -0.1) is 11.3 Å². The van der Waals surface area contributed by atoms with Gasteiger partial charge in [0.2, 0.25) is 0 Å². The third-order valence-corrected chi connectivity index (χ3v) is 4.73. The van der Waals surface area contributed by atoms with Gasteiger partial charge in [-0.1, -0.05) is 6.07 Å². The maximum absolute atomic E-state index is 12.7. The summed E-state index contributed by atoms with van der Waals surface area (Å²) in [6.45, 7) is 3.86. The van der Waals surface area contributed by atoms with E-state index in [9.17, 15) is 4.79 Å². The molecular weight excluding hydrogens is 256 g/mol. The van der Waals surface area contributed by atoms with Crippen molar-refractivity contribution in [1.82, 2.24) is 9.97 Å². The van der Waals surface area contributed by atoms with E-state index in [0.717, 1.165) is 40.5 Å². The lowest BCUT2D eigenvalue weighted by molar-refractivity contribution is 0.0952. The summed E-state index contributed by atoms with van der Waals surface area (Å²) in [6.07, 6.45) is 4.79. The molecule has 1 aliphatic rings. The zero-order chi connectivity index (χ0) is 13.4. The zero-order valence-corrected chi connectivity index (χ0v) is 12.0. The van der Waals surface area contributed by atoms with Crippen LogP contribution in [0.1, 0.15) is 50.4 Å². The van der Waals surface area contributed by atoms with Crippen molar-refractivity contribution < 1.29 is 4.79 Å². The molecule has 2 aromatic heterocycles. The number of ketones is 1. The van der Waals surface area contributed by atoms with E-state index in [1.54, 1.807) is 6.20 Å². The number of nitrogens with zero attached hydrogens (tertiary/aromatic N) is 2. The number of aryl methyl sites for hydroxylation is 3. The molecule has 3 rings (SSSR count). The molecule has 19 heavy (non-hydrogen) atoms. The van der Waals surface area contributed by atoms with Crippen molar-refractivity contribution in [2.24, 2.45) is 0 Å². The van der Waals surface area contributed by atoms with Gasteiger partial charge < -0.3 is 0 Å². The summed E-state index contributed by atoms with van der Waals surface area (Å²) >= 11 is 1.50. The van der Waals surface area contributed by atoms with Crippen LogP contribution in [0.4, 0.5) is 0 Å². The quantitative estimate of drug-likeness (QED) is 0.786. The first-order chi connectivity index (χ1) is 9.16. The van der Waals surface area contributed by atoms with Crippen molar-refractivity contribution in [1.29, 1.82) is 0 Å². The average molecular weight is 272 g/mol. The predicted molar refractivity (Wildman–Crippen MR) is 75.8 cm³/mol. The first-order valence-corrected chi connectivity index (χ1v) is 7.40. The van der Waals surface area contributed by atoms with Crippen LogP contribution in [0.2, 0.25) is 0 Å². The van der Waals surface area contributed by atoms with Crippen LogP contribution >= 0.6 is 11.3 Å². The van der Waals surface area contributed by atoms with Crippen molar-refractivity contribution in [3.8, 4) is 0 Å². The van der Waals surface area contributed by atoms with Crippen LogP contribution in [0, 0.1) is 13.8 Å². The third kappa shape index (κ3) is 2.21. The van der Waals surface area contributed by atoms with E-state index in [-0.39, 0.29) is 11.7 Å². The average Bonchev–Trinajstić information content (AvgIpc) is 2.76. The molecule has 1 unspecified atom stereocenters. The molecule has 0 bridgehead atoms. The summed E-state index contributed by atoms with van der Waals surface area (Å²) in [5.74, 6) is 0.117. The Labute approximate surface area is 116 Å². The molecule has 3 nitrogen and oxygen atoms in total. The van der Waals surface area contributed by atoms with Gasteiger partial charge in [0.1, 0.15) is 0 Å². The lowest BCUT2D eigenvalue weighted by atomic mass is 9.83. The van der Waals surface area contributed by atoms with Gasteiger partial charge in [-0.2, -0.15) is 0 Å². The Morgan fingerprint density at radius 2 is 2.26 bits per heavy atom. The molecule has 0 saturated heterocycles. The van der Waals surface area contributed by atoms with Gasteiger partial charge in [-0.25, -0.2) is 4.98 Å². The maximum atomic E-state index is 12.7. The van der Waals surface area contributed by atoms with Gasteiger partial charge in [0.25, 0.3) is 0 Å². The summed E-state index contributed by atoms with van der Waals surface area (Å²) in [7, 11) is 0. The number of Topliss-reactive ketones (excluding diaryl/α,β-unsaturated/α-hetero) is 1. The normalized spacial score (nSPS) is 18.1. The molecule has 4 heteroatoms. The van der Waals surface area contributed by atoms with Gasteiger partial charge in [-0.05, 0) is 44.7 Å². The zero-order valence-electron chi connectivity index (χ0n) is 11.1. The Bertz CT molecular complexity index is 633. The molecule has 2 heterocycles. The van der Waals surface area contributed by atoms with E-state index in [1.165, 1.54) is 16.9 Å². The van der Waals surface area contributed by atoms with Gasteiger partial charge in [0.05, 0.1) is 27.2 Å². The predicted octanol–water partition coefficient (Wildman–Crippen LogP) is 3.46. The van der Waals surface area contributed by atoms with E-state index in [4.69, 9.17) is 0 Å². The lowest BCUT2D eigenvalue weighted by Crippen LogP contribution is -2.20. The minimum absolute atomic E-state index is 0.0801. The van der Waals surface area contributed by atoms with Crippen molar-refractivity contribution >= 4 is 17.1 Å². The minimum Gasteiger partial charge on any atom is -0.292 e. The number of fused-ring (bicyclic) bond motifs is 1. The van der Waals surface area contributed by atoms with E-state index in [1.807, 2.05) is 19.9 Å². The smallest absolute Gasteiger partial charge is 0.183 e. The number of thiazole rings is 1. The van der Waals surface area contributed by atoms with Crippen LogP contribution in [0.3, 0.4) is 0 Å². The van der Waals surface area contributed by atoms with Crippen molar-refractivity contribution in [3.63, 3.8) is 0 Å². The first-order valence-electron chi connectivity index (χ1n) is 6.59. The van der Waals surface area contributed by atoms with Gasteiger partial charge in [0.15, 0.2) is 5.78 Å². The molecule has 0 saturated carbocycles. The van der Waals surface area contributed by atoms with Crippen LogP contribution in [0.5, 0.6) is 0 Å². The van der Waals surface area contributed by atoms with E-state index < -0.39 is 0 Å². The minimum atomic E-state index is -0.0801. The molecular formula is C15H16N2OS. The summed E-state index contributed by atoms with van der Waals surface area (Å²) < 4.78 is 0. The maximum Gasteiger partial charge on any atom is 0.183 e. The fourth-order valence-corrected chi connectivity index (χ4v) is 3.70. The second-order valence-corrected chi connectivity index (χ2v) is 6.21. The highest BCUT2D eigenvalue weighted by molar-refractivity contribution is 7.13. The number of hydrogen-bond donors (Lipinski definition) is 0. The van der Waals surface area contributed by atoms with Crippen LogP contribution in [-0.4, -0.2) is 15.8 Å². The van der Waals surface area contributed by atoms with Crippen LogP contribution in [-0.2, 0) is 6.42 Å². The number of carbonyl (C=O) groups is 1. The summed E-state index contributed by atoms with van der Waals surface area (Å²) in [5.41, 5.74) is 3.06. The van der Waals surface area contributed by atoms with Crippen LogP contribution in [0.25, 0.3) is 0 Å². The molecule has 0 N–H and O–H groups in total. The SMILES string of the molecule is Cc1nc(C)c(C(=O)C2CCCc3cccnc32)s1. The molecule has 0 aromatic carbocycles. The van der Waals surface area contributed by atoms with Gasteiger partial charge in [0, 0.05) is 6.20 Å². The number of carbonyl (C=O) groups excluding carboxylic acids is 1. The molecule has 1 atom stereocenters. The molecule has 2 aromatic rings.